The highest BCUT2D eigenvalue weighted by Crippen LogP contribution is 2.29. The van der Waals surface area contributed by atoms with E-state index < -0.39 is 0 Å². The molecule has 2 aliphatic heterocycles. The predicted molar refractivity (Wildman–Crippen MR) is 83.4 cm³/mol. The van der Waals surface area contributed by atoms with Crippen molar-refractivity contribution in [3.63, 3.8) is 0 Å². The summed E-state index contributed by atoms with van der Waals surface area (Å²) in [5.41, 5.74) is 0. The van der Waals surface area contributed by atoms with Crippen LogP contribution in [0, 0.1) is 5.92 Å². The molecule has 0 spiro atoms. The summed E-state index contributed by atoms with van der Waals surface area (Å²) in [6.45, 7) is 6.29. The van der Waals surface area contributed by atoms with Gasteiger partial charge in [-0.2, -0.15) is 0 Å². The van der Waals surface area contributed by atoms with Crippen molar-refractivity contribution in [1.29, 1.82) is 0 Å². The predicted octanol–water partition coefficient (Wildman–Crippen LogP) is 2.74. The summed E-state index contributed by atoms with van der Waals surface area (Å²) >= 11 is 1.83. The number of piperidine rings is 2. The Morgan fingerprint density at radius 2 is 2.16 bits per heavy atom. The number of thiazole rings is 1. The van der Waals surface area contributed by atoms with Crippen molar-refractivity contribution in [3.05, 3.63) is 16.6 Å². The van der Waals surface area contributed by atoms with Gasteiger partial charge in [-0.05, 0) is 57.8 Å². The van der Waals surface area contributed by atoms with Crippen LogP contribution in [0.25, 0.3) is 0 Å². The molecule has 108 valence electrons. The van der Waals surface area contributed by atoms with E-state index in [0.29, 0.717) is 0 Å². The second-order valence-corrected chi connectivity index (χ2v) is 6.58. The number of halogens is 1. The quantitative estimate of drug-likeness (QED) is 0.930. The lowest BCUT2D eigenvalue weighted by Crippen LogP contribution is -2.41. The normalized spacial score (nSPS) is 26.0. The van der Waals surface area contributed by atoms with Gasteiger partial charge < -0.3 is 10.2 Å². The zero-order valence-corrected chi connectivity index (χ0v) is 13.0. The molecule has 1 aromatic rings. The van der Waals surface area contributed by atoms with E-state index in [1.54, 1.807) is 0 Å². The summed E-state index contributed by atoms with van der Waals surface area (Å²) in [5.74, 6) is 1.61. The Morgan fingerprint density at radius 3 is 2.79 bits per heavy atom. The average Bonchev–Trinajstić information content (AvgIpc) is 2.95. The summed E-state index contributed by atoms with van der Waals surface area (Å²) in [7, 11) is 0. The van der Waals surface area contributed by atoms with Gasteiger partial charge in [0.15, 0.2) is 0 Å². The van der Waals surface area contributed by atoms with Gasteiger partial charge in [-0.15, -0.1) is 23.7 Å². The average molecular weight is 302 g/mol. The number of nitrogens with one attached hydrogen (secondary N) is 1. The zero-order chi connectivity index (χ0) is 12.2. The first-order chi connectivity index (χ1) is 8.92. The van der Waals surface area contributed by atoms with E-state index in [9.17, 15) is 0 Å². The van der Waals surface area contributed by atoms with Crippen LogP contribution in [-0.2, 0) is 0 Å². The third-order valence-corrected chi connectivity index (χ3v) is 5.24. The monoisotopic (exact) mass is 301 g/mol. The van der Waals surface area contributed by atoms with Crippen LogP contribution in [0.5, 0.6) is 0 Å². The minimum Gasteiger partial charge on any atom is -0.316 e. The van der Waals surface area contributed by atoms with Crippen molar-refractivity contribution < 1.29 is 0 Å². The largest absolute Gasteiger partial charge is 0.316 e. The molecule has 2 saturated heterocycles. The molecule has 0 aliphatic carbocycles. The lowest BCUT2D eigenvalue weighted by molar-refractivity contribution is 0.169. The number of rotatable bonds is 3. The van der Waals surface area contributed by atoms with Crippen molar-refractivity contribution in [2.75, 3.05) is 32.7 Å². The number of aromatic nitrogens is 1. The Balaban J connectivity index is 0.00000133. The highest BCUT2D eigenvalue weighted by atomic mass is 35.5. The maximum absolute atomic E-state index is 4.47. The molecule has 1 N–H and O–H groups in total. The molecule has 2 aliphatic rings. The maximum atomic E-state index is 4.47. The van der Waals surface area contributed by atoms with Crippen molar-refractivity contribution >= 4 is 23.7 Å². The van der Waals surface area contributed by atoms with E-state index in [-0.39, 0.29) is 12.4 Å². The lowest BCUT2D eigenvalue weighted by Gasteiger charge is -2.34. The Hall–Kier alpha value is -0.160. The maximum Gasteiger partial charge on any atom is 0.0956 e. The number of hydrogen-bond acceptors (Lipinski definition) is 4. The molecular formula is C14H24ClN3S. The van der Waals surface area contributed by atoms with Crippen molar-refractivity contribution in [3.8, 4) is 0 Å². The highest BCUT2D eigenvalue weighted by molar-refractivity contribution is 7.09. The SMILES string of the molecule is Cl.c1csc(C2CCN(CC3CCCNC3)CC2)n1. The molecule has 0 bridgehead atoms. The van der Waals surface area contributed by atoms with Crippen LogP contribution < -0.4 is 5.32 Å². The number of nitrogens with zero attached hydrogens (tertiary/aromatic N) is 2. The van der Waals surface area contributed by atoms with Crippen molar-refractivity contribution in [2.24, 2.45) is 5.92 Å². The fourth-order valence-electron chi connectivity index (χ4n) is 3.24. The molecule has 0 aromatic carbocycles. The fraction of sp³-hybridized carbons (Fsp3) is 0.786. The molecule has 3 rings (SSSR count). The Morgan fingerprint density at radius 1 is 1.32 bits per heavy atom. The summed E-state index contributed by atoms with van der Waals surface area (Å²) in [6.07, 6.45) is 7.32. The van der Waals surface area contributed by atoms with Crippen LogP contribution in [-0.4, -0.2) is 42.6 Å². The first-order valence-corrected chi connectivity index (χ1v) is 8.12. The van der Waals surface area contributed by atoms with Gasteiger partial charge in [-0.1, -0.05) is 0 Å². The standard InChI is InChI=1S/C14H23N3S.ClH/c1-2-12(10-15-5-1)11-17-7-3-13(4-8-17)14-16-6-9-18-14;/h6,9,12-13,15H,1-5,7-8,10-11H2;1H. The Kier molecular flexibility index (Phi) is 6.07. The second-order valence-electron chi connectivity index (χ2n) is 5.66. The lowest BCUT2D eigenvalue weighted by atomic mass is 9.94. The highest BCUT2D eigenvalue weighted by Gasteiger charge is 2.24. The molecule has 1 aromatic heterocycles. The van der Waals surface area contributed by atoms with Gasteiger partial charge in [0.1, 0.15) is 0 Å². The minimum absolute atomic E-state index is 0. The fourth-order valence-corrected chi connectivity index (χ4v) is 4.05. The summed E-state index contributed by atoms with van der Waals surface area (Å²) < 4.78 is 0. The van der Waals surface area contributed by atoms with Gasteiger partial charge in [-0.3, -0.25) is 0 Å². The van der Waals surface area contributed by atoms with Crippen LogP contribution in [0.4, 0.5) is 0 Å². The van der Waals surface area contributed by atoms with Crippen molar-refractivity contribution in [2.45, 2.75) is 31.6 Å². The molecule has 0 radical (unpaired) electrons. The third kappa shape index (κ3) is 4.15. The molecule has 0 saturated carbocycles. The molecule has 5 heteroatoms. The molecule has 1 unspecified atom stereocenters. The van der Waals surface area contributed by atoms with Gasteiger partial charge >= 0.3 is 0 Å². The van der Waals surface area contributed by atoms with E-state index >= 15 is 0 Å². The van der Waals surface area contributed by atoms with Gasteiger partial charge in [0.2, 0.25) is 0 Å². The second kappa shape index (κ2) is 7.58. The molecule has 0 amide bonds. The van der Waals surface area contributed by atoms with E-state index in [1.165, 1.54) is 63.4 Å². The van der Waals surface area contributed by atoms with Gasteiger partial charge in [0.25, 0.3) is 0 Å². The van der Waals surface area contributed by atoms with Crippen LogP contribution in [0.15, 0.2) is 11.6 Å². The van der Waals surface area contributed by atoms with Crippen LogP contribution >= 0.6 is 23.7 Å². The van der Waals surface area contributed by atoms with E-state index in [2.05, 4.69) is 20.6 Å². The number of hydrogen-bond donors (Lipinski definition) is 1. The smallest absolute Gasteiger partial charge is 0.0956 e. The topological polar surface area (TPSA) is 28.2 Å². The van der Waals surface area contributed by atoms with Crippen molar-refractivity contribution in [1.82, 2.24) is 15.2 Å². The van der Waals surface area contributed by atoms with Crippen LogP contribution in [0.3, 0.4) is 0 Å². The first kappa shape index (κ1) is 15.2. The summed E-state index contributed by atoms with van der Waals surface area (Å²) in [4.78, 5) is 7.14. The van der Waals surface area contributed by atoms with E-state index in [4.69, 9.17) is 0 Å². The van der Waals surface area contributed by atoms with Crippen LogP contribution in [0.2, 0.25) is 0 Å². The molecule has 19 heavy (non-hydrogen) atoms. The minimum atomic E-state index is 0. The van der Waals surface area contributed by atoms with Gasteiger partial charge in [-0.25, -0.2) is 4.98 Å². The molecular weight excluding hydrogens is 278 g/mol. The zero-order valence-electron chi connectivity index (χ0n) is 11.4. The Labute approximate surface area is 126 Å². The van der Waals surface area contributed by atoms with E-state index in [1.807, 2.05) is 17.5 Å². The van der Waals surface area contributed by atoms with Gasteiger partial charge in [0.05, 0.1) is 5.01 Å². The Bertz CT molecular complexity index is 344. The summed E-state index contributed by atoms with van der Waals surface area (Å²) in [5, 5.41) is 6.98. The molecule has 3 heterocycles. The molecule has 2 fully saturated rings. The molecule has 3 nitrogen and oxygen atoms in total. The molecule has 1 atom stereocenters. The van der Waals surface area contributed by atoms with E-state index in [0.717, 1.165) is 11.8 Å². The first-order valence-electron chi connectivity index (χ1n) is 7.24. The summed E-state index contributed by atoms with van der Waals surface area (Å²) in [6, 6.07) is 0. The van der Waals surface area contributed by atoms with Crippen LogP contribution in [0.1, 0.15) is 36.6 Å². The van der Waals surface area contributed by atoms with Gasteiger partial charge in [0, 0.05) is 24.0 Å². The third-order valence-electron chi connectivity index (χ3n) is 4.30. The number of likely N-dealkylation sites (tertiary alicyclic amines) is 1.